The molecular formula is C23H26OSi. The van der Waals surface area contributed by atoms with E-state index in [1.807, 2.05) is 0 Å². The Balaban J connectivity index is 2.34. The second kappa shape index (κ2) is 7.81. The highest BCUT2D eigenvalue weighted by atomic mass is 28.2. The van der Waals surface area contributed by atoms with Crippen molar-refractivity contribution in [3.63, 3.8) is 0 Å². The van der Waals surface area contributed by atoms with Gasteiger partial charge in [0.15, 0.2) is 0 Å². The maximum absolute atomic E-state index is 6.47. The van der Waals surface area contributed by atoms with Crippen LogP contribution in [0.2, 0.25) is 0 Å². The highest BCUT2D eigenvalue weighted by Gasteiger charge is 2.37. The Bertz CT molecular complexity index is 759. The van der Waals surface area contributed by atoms with E-state index < -0.39 is 5.60 Å². The summed E-state index contributed by atoms with van der Waals surface area (Å²) in [5.41, 5.74) is 4.46. The summed E-state index contributed by atoms with van der Waals surface area (Å²) >= 11 is 0. The van der Waals surface area contributed by atoms with E-state index in [0.717, 1.165) is 6.42 Å². The molecule has 0 aromatic heterocycles. The van der Waals surface area contributed by atoms with Gasteiger partial charge in [-0.3, -0.25) is 0 Å². The molecule has 0 saturated heterocycles. The summed E-state index contributed by atoms with van der Waals surface area (Å²) in [6.07, 6.45) is 1.11. The molecule has 0 fully saturated rings. The van der Waals surface area contributed by atoms with Gasteiger partial charge in [-0.25, -0.2) is 0 Å². The Morgan fingerprint density at radius 2 is 1.28 bits per heavy atom. The number of benzene rings is 3. The Morgan fingerprint density at radius 1 is 0.800 bits per heavy atom. The molecule has 0 heterocycles. The maximum Gasteiger partial charge on any atom is 0.148 e. The molecule has 0 amide bonds. The van der Waals surface area contributed by atoms with Crippen molar-refractivity contribution in [2.45, 2.75) is 31.8 Å². The minimum atomic E-state index is -0.547. The molecule has 1 nitrogen and oxygen atoms in total. The molecule has 0 aliphatic carbocycles. The standard InChI is InChI=1S/C23H26OSi/c1-3-18(2)21-16-10-11-17-22(21)23(24-25,19-12-6-4-7-13-19)20-14-8-5-9-15-20/h4-18H,3H2,1-2,25H3. The third-order valence-corrected chi connectivity index (χ3v) is 5.76. The minimum Gasteiger partial charge on any atom is -0.411 e. The molecule has 0 aliphatic rings. The first-order valence-corrected chi connectivity index (χ1v) is 9.81. The first-order valence-electron chi connectivity index (χ1n) is 8.99. The quantitative estimate of drug-likeness (QED) is 0.461. The summed E-state index contributed by atoms with van der Waals surface area (Å²) in [4.78, 5) is 0. The van der Waals surface area contributed by atoms with Gasteiger partial charge in [-0.15, -0.1) is 0 Å². The number of rotatable bonds is 6. The van der Waals surface area contributed by atoms with E-state index in [4.69, 9.17) is 4.43 Å². The topological polar surface area (TPSA) is 9.23 Å². The molecule has 0 radical (unpaired) electrons. The molecule has 2 heteroatoms. The third-order valence-electron chi connectivity index (χ3n) is 5.15. The van der Waals surface area contributed by atoms with Gasteiger partial charge in [0.2, 0.25) is 0 Å². The summed E-state index contributed by atoms with van der Waals surface area (Å²) < 4.78 is 6.47. The largest absolute Gasteiger partial charge is 0.411 e. The second-order valence-electron chi connectivity index (χ2n) is 6.51. The van der Waals surface area contributed by atoms with Crippen LogP contribution in [-0.2, 0) is 10.0 Å². The lowest BCUT2D eigenvalue weighted by Crippen LogP contribution is -2.33. The smallest absolute Gasteiger partial charge is 0.148 e. The first kappa shape index (κ1) is 17.7. The fraction of sp³-hybridized carbons (Fsp3) is 0.217. The van der Waals surface area contributed by atoms with Gasteiger partial charge >= 0.3 is 0 Å². The average molecular weight is 347 g/mol. The summed E-state index contributed by atoms with van der Waals surface area (Å²) in [5.74, 6) is 0.486. The zero-order valence-electron chi connectivity index (χ0n) is 15.3. The highest BCUT2D eigenvalue weighted by molar-refractivity contribution is 5.99. The van der Waals surface area contributed by atoms with E-state index in [-0.39, 0.29) is 0 Å². The molecular weight excluding hydrogens is 320 g/mol. The molecule has 3 aromatic carbocycles. The molecule has 0 spiro atoms. The van der Waals surface area contributed by atoms with Crippen LogP contribution in [0.1, 0.15) is 48.4 Å². The van der Waals surface area contributed by atoms with Crippen LogP contribution < -0.4 is 0 Å². The van der Waals surface area contributed by atoms with E-state index >= 15 is 0 Å². The minimum absolute atomic E-state index is 0.486. The van der Waals surface area contributed by atoms with Crippen molar-refractivity contribution in [2.24, 2.45) is 0 Å². The molecule has 128 valence electrons. The van der Waals surface area contributed by atoms with Gasteiger partial charge < -0.3 is 4.43 Å². The van der Waals surface area contributed by atoms with Crippen molar-refractivity contribution < 1.29 is 4.43 Å². The molecule has 1 atom stereocenters. The van der Waals surface area contributed by atoms with Gasteiger partial charge in [-0.2, -0.15) is 0 Å². The second-order valence-corrected chi connectivity index (χ2v) is 6.92. The summed E-state index contributed by atoms with van der Waals surface area (Å²) in [5, 5.41) is 0. The Kier molecular flexibility index (Phi) is 5.52. The van der Waals surface area contributed by atoms with Crippen molar-refractivity contribution >= 4 is 10.5 Å². The fourth-order valence-corrected chi connectivity index (χ4v) is 4.33. The van der Waals surface area contributed by atoms with Gasteiger partial charge in [0.25, 0.3) is 0 Å². The zero-order valence-corrected chi connectivity index (χ0v) is 17.3. The van der Waals surface area contributed by atoms with Crippen LogP contribution in [0.25, 0.3) is 0 Å². The lowest BCUT2D eigenvalue weighted by Gasteiger charge is -2.37. The van der Waals surface area contributed by atoms with Gasteiger partial charge in [0.1, 0.15) is 16.1 Å². The molecule has 0 N–H and O–H groups in total. The molecule has 25 heavy (non-hydrogen) atoms. The Labute approximate surface area is 154 Å². The van der Waals surface area contributed by atoms with Gasteiger partial charge in [-0.1, -0.05) is 98.8 Å². The van der Waals surface area contributed by atoms with Crippen molar-refractivity contribution in [3.05, 3.63) is 107 Å². The molecule has 3 aromatic rings. The van der Waals surface area contributed by atoms with Crippen LogP contribution in [0.15, 0.2) is 84.9 Å². The van der Waals surface area contributed by atoms with E-state index in [2.05, 4.69) is 98.8 Å². The maximum atomic E-state index is 6.47. The highest BCUT2D eigenvalue weighted by Crippen LogP contribution is 2.43. The predicted octanol–water partition coefficient (Wildman–Crippen LogP) is 4.79. The number of hydrogen-bond donors (Lipinski definition) is 0. The van der Waals surface area contributed by atoms with Crippen molar-refractivity contribution in [1.82, 2.24) is 0 Å². The molecule has 1 unspecified atom stereocenters. The molecule has 0 aliphatic heterocycles. The first-order chi connectivity index (χ1) is 12.2. The van der Waals surface area contributed by atoms with Crippen molar-refractivity contribution in [1.29, 1.82) is 0 Å². The molecule has 3 rings (SSSR count). The molecule has 0 bridgehead atoms. The van der Waals surface area contributed by atoms with Crippen molar-refractivity contribution in [2.75, 3.05) is 0 Å². The van der Waals surface area contributed by atoms with Crippen LogP contribution in [-0.4, -0.2) is 10.5 Å². The fourth-order valence-electron chi connectivity index (χ4n) is 3.64. The summed E-state index contributed by atoms with van der Waals surface area (Å²) in [6.45, 7) is 4.54. The molecule has 0 saturated carbocycles. The summed E-state index contributed by atoms with van der Waals surface area (Å²) in [6, 6.07) is 30.0. The van der Waals surface area contributed by atoms with Crippen LogP contribution in [0.5, 0.6) is 0 Å². The third kappa shape index (κ3) is 3.20. The van der Waals surface area contributed by atoms with Gasteiger partial charge in [-0.05, 0) is 34.6 Å². The van der Waals surface area contributed by atoms with Crippen LogP contribution in [0.3, 0.4) is 0 Å². The number of hydrogen-bond acceptors (Lipinski definition) is 1. The lowest BCUT2D eigenvalue weighted by atomic mass is 9.76. The van der Waals surface area contributed by atoms with Crippen molar-refractivity contribution in [3.8, 4) is 0 Å². The van der Waals surface area contributed by atoms with Crippen LogP contribution in [0.4, 0.5) is 0 Å². The zero-order chi connectivity index (χ0) is 17.7. The SMILES string of the molecule is CCC(C)c1ccccc1C(O[SiH3])(c1ccccc1)c1ccccc1. The lowest BCUT2D eigenvalue weighted by molar-refractivity contribution is 0.171. The van der Waals surface area contributed by atoms with Gasteiger partial charge in [0.05, 0.1) is 0 Å². The van der Waals surface area contributed by atoms with E-state index in [9.17, 15) is 0 Å². The van der Waals surface area contributed by atoms with Gasteiger partial charge in [0, 0.05) is 0 Å². The summed E-state index contributed by atoms with van der Waals surface area (Å²) in [7, 11) is 0.646. The van der Waals surface area contributed by atoms with E-state index in [1.165, 1.54) is 22.3 Å². The van der Waals surface area contributed by atoms with E-state index in [1.54, 1.807) is 0 Å². The predicted molar refractivity (Wildman–Crippen MR) is 109 cm³/mol. The normalized spacial score (nSPS) is 12.9. The Morgan fingerprint density at radius 3 is 1.76 bits per heavy atom. The van der Waals surface area contributed by atoms with Crippen LogP contribution in [0, 0.1) is 0 Å². The Hall–Kier alpha value is -2.16. The van der Waals surface area contributed by atoms with E-state index in [0.29, 0.717) is 16.4 Å². The average Bonchev–Trinajstić information content (AvgIpc) is 2.70. The monoisotopic (exact) mass is 346 g/mol. The van der Waals surface area contributed by atoms with Crippen LogP contribution >= 0.6 is 0 Å².